The van der Waals surface area contributed by atoms with Crippen LogP contribution in [-0.4, -0.2) is 64.8 Å². The first-order chi connectivity index (χ1) is 37.7. The van der Waals surface area contributed by atoms with E-state index in [0.717, 1.165) is 48.5 Å². The third kappa shape index (κ3) is 19.0. The zero-order valence-electron chi connectivity index (χ0n) is 44.6. The molecule has 84 heavy (non-hydrogen) atoms. The van der Waals surface area contributed by atoms with Crippen LogP contribution < -0.4 is 119 Å². The Bertz CT molecular complexity index is 4070. The first-order valence-corrected chi connectivity index (χ1v) is 28.6. The van der Waals surface area contributed by atoms with E-state index in [4.69, 9.17) is 0 Å². The number of hydrogen-bond donors (Lipinski definition) is 8. The zero-order valence-corrected chi connectivity index (χ0v) is 54.9. The Hall–Kier alpha value is -6.07. The van der Waals surface area contributed by atoms with Gasteiger partial charge in [-0.15, -0.1) is 10.2 Å². The molecule has 24 nitrogen and oxygen atoms in total. The van der Waals surface area contributed by atoms with Crippen LogP contribution in [-0.2, 0) is 66.7 Å². The topological polar surface area (TPSA) is 395 Å². The fourth-order valence-corrected chi connectivity index (χ4v) is 10.3. The summed E-state index contributed by atoms with van der Waals surface area (Å²) in [6, 6.07) is 38.9. The number of benzene rings is 8. The summed E-state index contributed by atoms with van der Waals surface area (Å²) in [5.74, 6) is -3.96. The molecule has 0 aliphatic heterocycles. The van der Waals surface area contributed by atoms with E-state index in [1.165, 1.54) is 74.5 Å². The Morgan fingerprint density at radius 2 is 0.774 bits per heavy atom. The van der Waals surface area contributed by atoms with Gasteiger partial charge < -0.3 is 31.1 Å². The molecule has 0 saturated heterocycles. The van der Waals surface area contributed by atoms with Gasteiger partial charge in [0.2, 0.25) is 0 Å². The van der Waals surface area contributed by atoms with Crippen molar-refractivity contribution in [3.8, 4) is 11.5 Å². The minimum atomic E-state index is -4.46. The Kier molecular flexibility index (Phi) is 26.5. The normalized spacial score (nSPS) is 12.1. The molecule has 0 heterocycles. The van der Waals surface area contributed by atoms with E-state index in [1.807, 2.05) is 0 Å². The quantitative estimate of drug-likeness (QED) is 0.0207. The summed E-state index contributed by atoms with van der Waals surface area (Å²) in [6.07, 6.45) is 0. The number of nitrogens with one attached hydrogen (secondary N) is 4. The minimum absolute atomic E-state index is 0. The molecule has 0 aliphatic carbocycles. The molecule has 8 rings (SSSR count). The number of azo groups is 2. The Balaban J connectivity index is 0.000000420. The number of aliphatic hydroxyl groups is 2. The van der Waals surface area contributed by atoms with E-state index in [9.17, 15) is 72.8 Å². The summed E-state index contributed by atoms with van der Waals surface area (Å²) >= 11 is 0. The molecule has 0 unspecified atom stereocenters. The van der Waals surface area contributed by atoms with Crippen molar-refractivity contribution in [1.29, 1.82) is 0 Å². The van der Waals surface area contributed by atoms with Crippen LogP contribution in [0.5, 0.6) is 11.5 Å². The average molecular weight is 1290 g/mol. The predicted molar refractivity (Wildman–Crippen MR) is 291 cm³/mol. The standard InChI is InChI=1S/2C26H22N4O8S2.Co.3Na/c2*1-16(31)25(26(33)27-18-7-3-2-4-8-18)29-28-23-15-19(11-13-24(23)32)39(34,35)30-22-9-5-6-17-14-20(40(36,37)38)10-12-21(17)22;;;;/h2*2-15,30-32H,1H3,(H,27,33)(H,36,37,38);;;;/q;;;3*+1/p-2. The number of carbonyl (C=O) groups is 2. The van der Waals surface area contributed by atoms with Gasteiger partial charge >= 0.3 is 88.7 Å². The van der Waals surface area contributed by atoms with Gasteiger partial charge in [0.05, 0.1) is 42.3 Å². The van der Waals surface area contributed by atoms with Crippen molar-refractivity contribution in [2.45, 2.75) is 33.4 Å². The average Bonchev–Trinajstić information content (AvgIpc) is 3.61. The van der Waals surface area contributed by atoms with Crippen molar-refractivity contribution in [2.75, 3.05) is 20.1 Å². The minimum Gasteiger partial charge on any atom is -0.871 e. The number of rotatable bonds is 16. The number of anilines is 4. The molecule has 0 aliphatic rings. The fraction of sp³-hybridized carbons (Fsp3) is 0.0385. The summed E-state index contributed by atoms with van der Waals surface area (Å²) in [7, 11) is -17.5. The number of sulfonamides is 2. The Morgan fingerprint density at radius 1 is 0.440 bits per heavy atom. The fourth-order valence-electron chi connectivity index (χ4n) is 7.11. The largest absolute Gasteiger partial charge is 1.00 e. The molecule has 8 aromatic carbocycles. The summed E-state index contributed by atoms with van der Waals surface area (Å²) in [5, 5.41) is 65.8. The second kappa shape index (κ2) is 30.8. The molecule has 0 fully saturated rings. The van der Waals surface area contributed by atoms with Crippen LogP contribution >= 0.6 is 0 Å². The van der Waals surface area contributed by atoms with Crippen molar-refractivity contribution in [1.82, 2.24) is 0 Å². The van der Waals surface area contributed by atoms with Crippen molar-refractivity contribution < 1.29 is 178 Å². The Labute approximate surface area is 558 Å². The first-order valence-electron chi connectivity index (χ1n) is 22.7. The van der Waals surface area contributed by atoms with E-state index in [0.29, 0.717) is 32.9 Å². The summed E-state index contributed by atoms with van der Waals surface area (Å²) in [6.45, 7) is 2.40. The van der Waals surface area contributed by atoms with Crippen molar-refractivity contribution in [2.24, 2.45) is 20.5 Å². The molecular weight excluding hydrogens is 1250 g/mol. The van der Waals surface area contributed by atoms with Gasteiger partial charge in [-0.1, -0.05) is 96.4 Å². The van der Waals surface area contributed by atoms with Crippen LogP contribution in [0, 0.1) is 0 Å². The van der Waals surface area contributed by atoms with Gasteiger partial charge in [-0.25, -0.2) is 16.8 Å². The number of aliphatic hydroxyl groups excluding tert-OH is 2. The molecule has 1 radical (unpaired) electrons. The molecular formula is C52H42CoN8Na3O16S4+. The molecule has 0 saturated carbocycles. The van der Waals surface area contributed by atoms with Crippen LogP contribution in [0.15, 0.2) is 233 Å². The number of amides is 2. The molecule has 421 valence electrons. The van der Waals surface area contributed by atoms with Crippen LogP contribution in [0.2, 0.25) is 0 Å². The van der Waals surface area contributed by atoms with Gasteiger partial charge in [-0.05, 0) is 110 Å². The molecule has 0 spiro atoms. The summed E-state index contributed by atoms with van der Waals surface area (Å²) in [5.41, 5.74) is -0.750. The van der Waals surface area contributed by atoms with Gasteiger partial charge in [-0.2, -0.15) is 27.1 Å². The molecule has 0 atom stereocenters. The van der Waals surface area contributed by atoms with E-state index >= 15 is 0 Å². The molecule has 0 bridgehead atoms. The van der Waals surface area contributed by atoms with Crippen molar-refractivity contribution in [3.05, 3.63) is 193 Å². The van der Waals surface area contributed by atoms with Crippen LogP contribution in [0.1, 0.15) is 13.8 Å². The van der Waals surface area contributed by atoms with Crippen LogP contribution in [0.4, 0.5) is 34.1 Å². The number of nitrogens with zero attached hydrogens (tertiary/aromatic N) is 4. The first kappa shape index (κ1) is 72.2. The molecule has 8 aromatic rings. The second-order valence-electron chi connectivity index (χ2n) is 16.7. The second-order valence-corrected chi connectivity index (χ2v) is 22.9. The maximum absolute atomic E-state index is 13.2. The number of allylic oxidation sites excluding steroid dienone is 2. The van der Waals surface area contributed by atoms with Crippen molar-refractivity contribution >= 4 is 108 Å². The maximum atomic E-state index is 13.2. The smallest absolute Gasteiger partial charge is 0.871 e. The SMILES string of the molecule is CC(O)=C(N=Nc1cc(S(=O)(=O)Nc2cccc3cc(S(=O)(=O)O)ccc23)ccc1[O-])C(=O)Nc1ccccc1.CC(O)=C(N=Nc1cc(S(=O)(=O)Nc2cccc3cc(S(=O)(=O)O)ccc23)ccc1[O-])C(=O)Nc1ccccc1.[Co].[Na+].[Na+].[Na+]. The summed E-state index contributed by atoms with van der Waals surface area (Å²) in [4.78, 5) is 23.7. The zero-order chi connectivity index (χ0) is 58.2. The van der Waals surface area contributed by atoms with E-state index < -0.39 is 97.9 Å². The molecule has 2 amide bonds. The van der Waals surface area contributed by atoms with E-state index in [1.54, 1.807) is 60.7 Å². The van der Waals surface area contributed by atoms with Gasteiger partial charge in [0.1, 0.15) is 11.5 Å². The number of fused-ring (bicyclic) bond motifs is 2. The number of para-hydroxylation sites is 2. The van der Waals surface area contributed by atoms with E-state index in [-0.39, 0.29) is 136 Å². The monoisotopic (exact) mass is 1290 g/mol. The third-order valence-corrected chi connectivity index (χ3v) is 15.4. The van der Waals surface area contributed by atoms with Gasteiger partial charge in [0.25, 0.3) is 52.1 Å². The maximum Gasteiger partial charge on any atom is 1.00 e. The predicted octanol–water partition coefficient (Wildman–Crippen LogP) is -0.0449. The number of hydrogen-bond acceptors (Lipinski definition) is 18. The van der Waals surface area contributed by atoms with Gasteiger partial charge in [0, 0.05) is 38.9 Å². The Morgan fingerprint density at radius 3 is 1.10 bits per heavy atom. The van der Waals surface area contributed by atoms with Gasteiger partial charge in [0.15, 0.2) is 11.4 Å². The molecule has 32 heteroatoms. The van der Waals surface area contributed by atoms with Crippen molar-refractivity contribution in [3.63, 3.8) is 0 Å². The van der Waals surface area contributed by atoms with E-state index in [2.05, 4.69) is 40.5 Å². The summed E-state index contributed by atoms with van der Waals surface area (Å²) < 4.78 is 122. The number of carbonyl (C=O) groups excluding carboxylic acids is 2. The third-order valence-electron chi connectivity index (χ3n) is 11.0. The van der Waals surface area contributed by atoms with Crippen LogP contribution in [0.25, 0.3) is 21.5 Å². The van der Waals surface area contributed by atoms with Gasteiger partial charge in [-0.3, -0.25) is 28.1 Å². The molecule has 8 N–H and O–H groups in total. The van der Waals surface area contributed by atoms with Crippen LogP contribution in [0.3, 0.4) is 0 Å². The molecule has 0 aromatic heterocycles.